The molecule has 1 saturated heterocycles. The van der Waals surface area contributed by atoms with Crippen LogP contribution in [0.3, 0.4) is 0 Å². The molecule has 2 unspecified atom stereocenters. The maximum absolute atomic E-state index is 6.05. The van der Waals surface area contributed by atoms with Gasteiger partial charge in [0, 0.05) is 12.6 Å². The summed E-state index contributed by atoms with van der Waals surface area (Å²) in [4.78, 5) is 0. The van der Waals surface area contributed by atoms with Crippen LogP contribution >= 0.6 is 0 Å². The molecule has 3 heteroatoms. The number of rotatable bonds is 7. The van der Waals surface area contributed by atoms with Gasteiger partial charge >= 0.3 is 0 Å². The minimum absolute atomic E-state index is 0.226. The molecule has 1 aliphatic rings. The molecule has 1 heterocycles. The summed E-state index contributed by atoms with van der Waals surface area (Å²) < 4.78 is 12.1. The van der Waals surface area contributed by atoms with Crippen molar-refractivity contribution in [1.82, 2.24) is 5.32 Å². The summed E-state index contributed by atoms with van der Waals surface area (Å²) in [5.41, 5.74) is 1.27. The van der Waals surface area contributed by atoms with Gasteiger partial charge in [0.1, 0.15) is 12.4 Å². The maximum atomic E-state index is 6.05. The van der Waals surface area contributed by atoms with Crippen LogP contribution in [-0.4, -0.2) is 31.4 Å². The van der Waals surface area contributed by atoms with Gasteiger partial charge in [0.2, 0.25) is 0 Å². The third-order valence-electron chi connectivity index (χ3n) is 3.92. The Balaban J connectivity index is 1.79. The Hall–Kier alpha value is -1.06. The first-order chi connectivity index (χ1) is 10.1. The molecule has 1 aromatic carbocycles. The molecule has 21 heavy (non-hydrogen) atoms. The second-order valence-electron chi connectivity index (χ2n) is 6.52. The summed E-state index contributed by atoms with van der Waals surface area (Å²) in [5.74, 6) is 1.48. The molecule has 0 amide bonds. The fraction of sp³-hybridized carbons (Fsp3) is 0.667. The molecule has 118 valence electrons. The van der Waals surface area contributed by atoms with E-state index in [-0.39, 0.29) is 6.10 Å². The number of ether oxygens (including phenoxy) is 2. The first-order valence-corrected chi connectivity index (χ1v) is 8.16. The van der Waals surface area contributed by atoms with Crippen molar-refractivity contribution in [2.45, 2.75) is 64.7 Å². The van der Waals surface area contributed by atoms with Crippen molar-refractivity contribution in [2.75, 3.05) is 13.2 Å². The van der Waals surface area contributed by atoms with Crippen LogP contribution in [0.2, 0.25) is 0 Å². The lowest BCUT2D eigenvalue weighted by Crippen LogP contribution is -2.32. The molecule has 0 aliphatic carbocycles. The topological polar surface area (TPSA) is 30.5 Å². The highest BCUT2D eigenvalue weighted by molar-refractivity contribution is 5.35. The fourth-order valence-electron chi connectivity index (χ4n) is 2.69. The summed E-state index contributed by atoms with van der Waals surface area (Å²) in [5, 5.41) is 3.44. The van der Waals surface area contributed by atoms with Crippen LogP contribution in [0.15, 0.2) is 24.3 Å². The first kappa shape index (κ1) is 16.3. The molecule has 1 N–H and O–H groups in total. The molecule has 2 rings (SSSR count). The van der Waals surface area contributed by atoms with Gasteiger partial charge in [-0.3, -0.25) is 0 Å². The van der Waals surface area contributed by atoms with Crippen LogP contribution in [-0.2, 0) is 4.74 Å². The van der Waals surface area contributed by atoms with E-state index < -0.39 is 0 Å². The zero-order valence-electron chi connectivity index (χ0n) is 13.8. The Morgan fingerprint density at radius 1 is 1.14 bits per heavy atom. The summed E-state index contributed by atoms with van der Waals surface area (Å²) in [6.07, 6.45) is 2.78. The number of hydrogen-bond acceptors (Lipinski definition) is 3. The minimum Gasteiger partial charge on any atom is -0.491 e. The zero-order valence-corrected chi connectivity index (χ0v) is 13.8. The van der Waals surface area contributed by atoms with Crippen molar-refractivity contribution >= 4 is 0 Å². The van der Waals surface area contributed by atoms with Gasteiger partial charge < -0.3 is 14.8 Å². The van der Waals surface area contributed by atoms with Crippen LogP contribution in [0.25, 0.3) is 0 Å². The van der Waals surface area contributed by atoms with Gasteiger partial charge in [-0.05, 0) is 30.4 Å². The Morgan fingerprint density at radius 2 is 1.86 bits per heavy atom. The van der Waals surface area contributed by atoms with E-state index in [1.165, 1.54) is 5.56 Å². The Bertz CT molecular complexity index is 431. The quantitative estimate of drug-likeness (QED) is 0.830. The van der Waals surface area contributed by atoms with E-state index in [4.69, 9.17) is 9.47 Å². The van der Waals surface area contributed by atoms with Gasteiger partial charge in [0.25, 0.3) is 0 Å². The molecular formula is C18H29NO2. The number of para-hydroxylation sites is 1. The third kappa shape index (κ3) is 5.01. The highest BCUT2D eigenvalue weighted by Crippen LogP contribution is 2.27. The van der Waals surface area contributed by atoms with E-state index in [0.29, 0.717) is 24.7 Å². The zero-order chi connectivity index (χ0) is 15.2. The summed E-state index contributed by atoms with van der Waals surface area (Å²) in [6.45, 7) is 10.3. The van der Waals surface area contributed by atoms with E-state index in [9.17, 15) is 0 Å². The smallest absolute Gasteiger partial charge is 0.122 e. The average molecular weight is 291 g/mol. The molecule has 1 fully saturated rings. The number of benzene rings is 1. The normalized spacial score (nSPS) is 22.2. The van der Waals surface area contributed by atoms with Crippen LogP contribution in [0.1, 0.15) is 52.0 Å². The Kier molecular flexibility index (Phi) is 6.07. The van der Waals surface area contributed by atoms with Gasteiger partial charge in [-0.1, -0.05) is 45.9 Å². The van der Waals surface area contributed by atoms with E-state index in [1.54, 1.807) is 0 Å². The number of hydrogen-bond donors (Lipinski definition) is 1. The molecular weight excluding hydrogens is 262 g/mol. The molecule has 1 aliphatic heterocycles. The van der Waals surface area contributed by atoms with Gasteiger partial charge in [-0.25, -0.2) is 0 Å². The monoisotopic (exact) mass is 291 g/mol. The standard InChI is InChI=1S/C18H29NO2/c1-13(2)17-7-5-6-8-18(17)20-12-16-10-9-15(21-16)11-19-14(3)4/h5-8,13-16,19H,9-12H2,1-4H3. The van der Waals surface area contributed by atoms with Gasteiger partial charge in [0.15, 0.2) is 0 Å². The lowest BCUT2D eigenvalue weighted by atomic mass is 10.0. The van der Waals surface area contributed by atoms with Crippen LogP contribution in [0, 0.1) is 0 Å². The molecule has 0 bridgehead atoms. The lowest BCUT2D eigenvalue weighted by molar-refractivity contribution is 0.0176. The van der Waals surface area contributed by atoms with Crippen molar-refractivity contribution in [3.8, 4) is 5.75 Å². The highest BCUT2D eigenvalue weighted by atomic mass is 16.5. The van der Waals surface area contributed by atoms with Crippen molar-refractivity contribution in [3.05, 3.63) is 29.8 Å². The molecule has 0 spiro atoms. The maximum Gasteiger partial charge on any atom is 0.122 e. The van der Waals surface area contributed by atoms with E-state index in [1.807, 2.05) is 6.07 Å². The summed E-state index contributed by atoms with van der Waals surface area (Å²) in [7, 11) is 0. The van der Waals surface area contributed by atoms with Crippen molar-refractivity contribution < 1.29 is 9.47 Å². The molecule has 0 aromatic heterocycles. The van der Waals surface area contributed by atoms with Gasteiger partial charge in [0.05, 0.1) is 12.2 Å². The lowest BCUT2D eigenvalue weighted by Gasteiger charge is -2.18. The second-order valence-corrected chi connectivity index (χ2v) is 6.52. The highest BCUT2D eigenvalue weighted by Gasteiger charge is 2.25. The number of nitrogens with one attached hydrogen (secondary N) is 1. The molecule has 0 saturated carbocycles. The predicted octanol–water partition coefficient (Wildman–Crippen LogP) is 3.73. The fourth-order valence-corrected chi connectivity index (χ4v) is 2.69. The first-order valence-electron chi connectivity index (χ1n) is 8.16. The van der Waals surface area contributed by atoms with Gasteiger partial charge in [-0.15, -0.1) is 0 Å². The van der Waals surface area contributed by atoms with Crippen molar-refractivity contribution in [1.29, 1.82) is 0 Å². The Labute approximate surface area is 129 Å². The van der Waals surface area contributed by atoms with Crippen LogP contribution < -0.4 is 10.1 Å². The summed E-state index contributed by atoms with van der Waals surface area (Å²) >= 11 is 0. The summed E-state index contributed by atoms with van der Waals surface area (Å²) in [6, 6.07) is 8.82. The molecule has 1 aromatic rings. The van der Waals surface area contributed by atoms with Crippen LogP contribution in [0.5, 0.6) is 5.75 Å². The van der Waals surface area contributed by atoms with Crippen molar-refractivity contribution in [3.63, 3.8) is 0 Å². The van der Waals surface area contributed by atoms with Crippen molar-refractivity contribution in [2.24, 2.45) is 0 Å². The van der Waals surface area contributed by atoms with E-state index >= 15 is 0 Å². The second kappa shape index (κ2) is 7.81. The van der Waals surface area contributed by atoms with E-state index in [0.717, 1.165) is 25.1 Å². The minimum atomic E-state index is 0.226. The third-order valence-corrected chi connectivity index (χ3v) is 3.92. The Morgan fingerprint density at radius 3 is 2.57 bits per heavy atom. The largest absolute Gasteiger partial charge is 0.491 e. The van der Waals surface area contributed by atoms with Crippen LogP contribution in [0.4, 0.5) is 0 Å². The molecule has 2 atom stereocenters. The average Bonchev–Trinajstić information content (AvgIpc) is 2.91. The van der Waals surface area contributed by atoms with Gasteiger partial charge in [-0.2, -0.15) is 0 Å². The SMILES string of the molecule is CC(C)NCC1CCC(COc2ccccc2C(C)C)O1. The van der Waals surface area contributed by atoms with E-state index in [2.05, 4.69) is 51.2 Å². The molecule has 3 nitrogen and oxygen atoms in total. The molecule has 0 radical (unpaired) electrons. The predicted molar refractivity (Wildman–Crippen MR) is 87.1 cm³/mol.